The number of imidazole rings is 1. The van der Waals surface area contributed by atoms with Crippen LogP contribution in [-0.2, 0) is 11.8 Å². The molecule has 0 saturated carbocycles. The number of nitrogens with zero attached hydrogens (tertiary/aromatic N) is 2. The Kier molecular flexibility index (Phi) is 2.96. The van der Waals surface area contributed by atoms with Crippen molar-refractivity contribution >= 4 is 17.1 Å². The monoisotopic (exact) mass is 239 g/mol. The Bertz CT molecular complexity index is 638. The molecule has 0 aliphatic rings. The minimum atomic E-state index is -0.488. The van der Waals surface area contributed by atoms with Gasteiger partial charge in [0.1, 0.15) is 0 Å². The first-order valence-corrected chi connectivity index (χ1v) is 5.05. The van der Waals surface area contributed by atoms with E-state index in [-0.39, 0.29) is 5.52 Å². The highest BCUT2D eigenvalue weighted by Crippen LogP contribution is 2.06. The average Bonchev–Trinajstić information content (AvgIpc) is 2.71. The smallest absolute Gasteiger partial charge is 0.329 e. The van der Waals surface area contributed by atoms with Crippen LogP contribution in [-0.4, -0.2) is 39.8 Å². The van der Waals surface area contributed by atoms with Gasteiger partial charge in [-0.2, -0.15) is 4.98 Å². The van der Waals surface area contributed by atoms with E-state index in [0.29, 0.717) is 24.7 Å². The number of nitrogens with one attached hydrogen (secondary N) is 3. The molecule has 0 spiro atoms. The Balaban J connectivity index is 2.43. The van der Waals surface area contributed by atoms with Crippen molar-refractivity contribution in [2.24, 2.45) is 7.05 Å². The van der Waals surface area contributed by atoms with E-state index in [1.54, 1.807) is 14.2 Å². The van der Waals surface area contributed by atoms with Gasteiger partial charge >= 0.3 is 5.69 Å². The van der Waals surface area contributed by atoms with Gasteiger partial charge in [-0.05, 0) is 0 Å². The summed E-state index contributed by atoms with van der Waals surface area (Å²) in [6.45, 7) is 1.08. The SMILES string of the molecule is COCCNc1nc2c([nH]1)c(=O)[nH]c(=O)n2C. The van der Waals surface area contributed by atoms with Crippen LogP contribution in [0.15, 0.2) is 9.59 Å². The van der Waals surface area contributed by atoms with E-state index in [4.69, 9.17) is 4.74 Å². The first-order valence-electron chi connectivity index (χ1n) is 5.05. The molecule has 8 heteroatoms. The molecular formula is C9H13N5O3. The number of hydrogen-bond acceptors (Lipinski definition) is 5. The van der Waals surface area contributed by atoms with Crippen molar-refractivity contribution in [3.8, 4) is 0 Å². The summed E-state index contributed by atoms with van der Waals surface area (Å²) in [5.41, 5.74) is -0.376. The number of ether oxygens (including phenoxy) is 1. The first-order chi connectivity index (χ1) is 8.13. The van der Waals surface area contributed by atoms with Crippen molar-refractivity contribution in [1.82, 2.24) is 19.5 Å². The first kappa shape index (κ1) is 11.4. The number of rotatable bonds is 4. The molecule has 0 aliphatic heterocycles. The quantitative estimate of drug-likeness (QED) is 0.594. The van der Waals surface area contributed by atoms with Crippen LogP contribution in [0.5, 0.6) is 0 Å². The van der Waals surface area contributed by atoms with Gasteiger partial charge in [0, 0.05) is 20.7 Å². The number of H-pyrrole nitrogens is 2. The third-order valence-corrected chi connectivity index (χ3v) is 2.35. The molecule has 2 heterocycles. The summed E-state index contributed by atoms with van der Waals surface area (Å²) in [7, 11) is 3.13. The maximum Gasteiger partial charge on any atom is 0.329 e. The molecule has 3 N–H and O–H groups in total. The van der Waals surface area contributed by atoms with Crippen LogP contribution in [0.3, 0.4) is 0 Å². The topological polar surface area (TPSA) is 105 Å². The Labute approximate surface area is 95.6 Å². The van der Waals surface area contributed by atoms with Gasteiger partial charge in [-0.25, -0.2) is 4.79 Å². The lowest BCUT2D eigenvalue weighted by Crippen LogP contribution is -2.28. The van der Waals surface area contributed by atoms with Crippen LogP contribution in [0.1, 0.15) is 0 Å². The zero-order valence-corrected chi connectivity index (χ0v) is 9.53. The summed E-state index contributed by atoms with van der Waals surface area (Å²) in [5.74, 6) is 0.434. The number of fused-ring (bicyclic) bond motifs is 1. The Hall–Kier alpha value is -2.09. The molecule has 2 aromatic rings. The summed E-state index contributed by atoms with van der Waals surface area (Å²) in [4.78, 5) is 32.0. The van der Waals surface area contributed by atoms with Crippen molar-refractivity contribution in [1.29, 1.82) is 0 Å². The van der Waals surface area contributed by atoms with Crippen molar-refractivity contribution in [2.45, 2.75) is 0 Å². The van der Waals surface area contributed by atoms with Gasteiger partial charge in [0.15, 0.2) is 11.2 Å². The molecule has 0 radical (unpaired) electrons. The molecule has 0 amide bonds. The summed E-state index contributed by atoms with van der Waals surface area (Å²) in [6.07, 6.45) is 0. The molecule has 2 rings (SSSR count). The van der Waals surface area contributed by atoms with Gasteiger partial charge in [-0.15, -0.1) is 0 Å². The fourth-order valence-electron chi connectivity index (χ4n) is 1.46. The third kappa shape index (κ3) is 2.07. The average molecular weight is 239 g/mol. The van der Waals surface area contributed by atoms with Gasteiger partial charge in [0.2, 0.25) is 5.95 Å². The number of hydrogen-bond donors (Lipinski definition) is 3. The van der Waals surface area contributed by atoms with E-state index < -0.39 is 11.2 Å². The Morgan fingerprint density at radius 3 is 2.88 bits per heavy atom. The number of methoxy groups -OCH3 is 1. The minimum Gasteiger partial charge on any atom is -0.383 e. The number of aryl methyl sites for hydroxylation is 1. The molecule has 0 aliphatic carbocycles. The predicted molar refractivity (Wildman–Crippen MR) is 62.3 cm³/mol. The summed E-state index contributed by atoms with van der Waals surface area (Å²) in [6, 6.07) is 0. The zero-order valence-electron chi connectivity index (χ0n) is 9.53. The van der Waals surface area contributed by atoms with Crippen molar-refractivity contribution in [2.75, 3.05) is 25.6 Å². The number of anilines is 1. The van der Waals surface area contributed by atoms with Crippen LogP contribution >= 0.6 is 0 Å². The van der Waals surface area contributed by atoms with E-state index in [9.17, 15) is 9.59 Å². The van der Waals surface area contributed by atoms with Crippen LogP contribution in [0.2, 0.25) is 0 Å². The van der Waals surface area contributed by atoms with Crippen molar-refractivity contribution in [3.05, 3.63) is 20.8 Å². The summed E-state index contributed by atoms with van der Waals surface area (Å²) < 4.78 is 6.15. The van der Waals surface area contributed by atoms with Gasteiger partial charge in [0.25, 0.3) is 5.56 Å². The van der Waals surface area contributed by atoms with E-state index in [1.165, 1.54) is 4.57 Å². The lowest BCUT2D eigenvalue weighted by Gasteiger charge is -1.99. The normalized spacial score (nSPS) is 10.9. The molecular weight excluding hydrogens is 226 g/mol. The predicted octanol–water partition coefficient (Wildman–Crippen LogP) is -0.992. The number of aromatic nitrogens is 4. The number of aromatic amines is 2. The molecule has 0 atom stereocenters. The molecule has 0 aromatic carbocycles. The Morgan fingerprint density at radius 1 is 1.41 bits per heavy atom. The molecule has 92 valence electrons. The fourth-order valence-corrected chi connectivity index (χ4v) is 1.46. The minimum absolute atomic E-state index is 0.270. The molecule has 0 unspecified atom stereocenters. The molecule has 2 aromatic heterocycles. The van der Waals surface area contributed by atoms with E-state index in [0.717, 1.165) is 0 Å². The lowest BCUT2D eigenvalue weighted by atomic mass is 10.5. The molecule has 0 bridgehead atoms. The Morgan fingerprint density at radius 2 is 2.18 bits per heavy atom. The molecule has 0 fully saturated rings. The van der Waals surface area contributed by atoms with E-state index in [1.807, 2.05) is 0 Å². The van der Waals surface area contributed by atoms with Gasteiger partial charge in [-0.3, -0.25) is 14.3 Å². The van der Waals surface area contributed by atoms with Crippen molar-refractivity contribution < 1.29 is 4.74 Å². The summed E-state index contributed by atoms with van der Waals surface area (Å²) >= 11 is 0. The lowest BCUT2D eigenvalue weighted by molar-refractivity contribution is 0.210. The highest BCUT2D eigenvalue weighted by molar-refractivity contribution is 5.72. The highest BCUT2D eigenvalue weighted by Gasteiger charge is 2.09. The van der Waals surface area contributed by atoms with Gasteiger partial charge < -0.3 is 15.0 Å². The van der Waals surface area contributed by atoms with Gasteiger partial charge in [-0.1, -0.05) is 0 Å². The van der Waals surface area contributed by atoms with Crippen LogP contribution in [0, 0.1) is 0 Å². The summed E-state index contributed by atoms with van der Waals surface area (Å²) in [5, 5.41) is 2.95. The zero-order chi connectivity index (χ0) is 12.4. The maximum absolute atomic E-state index is 11.5. The maximum atomic E-state index is 11.5. The molecule has 8 nitrogen and oxygen atoms in total. The molecule has 0 saturated heterocycles. The standard InChI is InChI=1S/C9H13N5O3/c1-14-6-5(7(15)13-9(14)16)11-8(12-6)10-3-4-17-2/h3-4H2,1-2H3,(H2,10,11,12)(H,13,15,16). The third-order valence-electron chi connectivity index (χ3n) is 2.35. The molecule has 17 heavy (non-hydrogen) atoms. The van der Waals surface area contributed by atoms with Gasteiger partial charge in [0.05, 0.1) is 6.61 Å². The van der Waals surface area contributed by atoms with Crippen LogP contribution < -0.4 is 16.6 Å². The van der Waals surface area contributed by atoms with Crippen molar-refractivity contribution in [3.63, 3.8) is 0 Å². The van der Waals surface area contributed by atoms with Crippen LogP contribution in [0.4, 0.5) is 5.95 Å². The second kappa shape index (κ2) is 4.42. The second-order valence-electron chi connectivity index (χ2n) is 3.52. The second-order valence-corrected chi connectivity index (χ2v) is 3.52. The van der Waals surface area contributed by atoms with E-state index >= 15 is 0 Å². The van der Waals surface area contributed by atoms with Crippen LogP contribution in [0.25, 0.3) is 11.2 Å². The van der Waals surface area contributed by atoms with E-state index in [2.05, 4.69) is 20.3 Å². The fraction of sp³-hybridized carbons (Fsp3) is 0.444. The highest BCUT2D eigenvalue weighted by atomic mass is 16.5. The largest absolute Gasteiger partial charge is 0.383 e.